The van der Waals surface area contributed by atoms with Crippen molar-refractivity contribution in [1.82, 2.24) is 4.98 Å². The minimum Gasteiger partial charge on any atom is -0.506 e. The number of aryl methyl sites for hydroxylation is 1. The van der Waals surface area contributed by atoms with Gasteiger partial charge in [-0.15, -0.1) is 0 Å². The Morgan fingerprint density at radius 2 is 1.92 bits per heavy atom. The number of rotatable bonds is 0. The number of aromatic nitrogens is 1. The van der Waals surface area contributed by atoms with Crippen LogP contribution in [0.4, 0.5) is 0 Å². The molecule has 0 amide bonds. The van der Waals surface area contributed by atoms with Crippen LogP contribution in [0.15, 0.2) is 30.3 Å². The Morgan fingerprint density at radius 1 is 1.15 bits per heavy atom. The SMILES string of the molecule is Cc1ccc2cccc(O)c2n1.[Zn+2]. The summed E-state index contributed by atoms with van der Waals surface area (Å²) in [6.07, 6.45) is 0. The standard InChI is InChI=1S/C10H9NO.Zn/c1-7-5-6-8-3-2-4-9(12)10(8)11-7;/h2-6,12H,1H3;/q;+2. The molecule has 0 atom stereocenters. The van der Waals surface area contributed by atoms with E-state index in [0.717, 1.165) is 11.1 Å². The van der Waals surface area contributed by atoms with E-state index in [9.17, 15) is 5.11 Å². The number of pyridine rings is 1. The van der Waals surface area contributed by atoms with E-state index < -0.39 is 0 Å². The van der Waals surface area contributed by atoms with Crippen LogP contribution in [0.1, 0.15) is 5.69 Å². The first-order valence-electron chi connectivity index (χ1n) is 3.83. The van der Waals surface area contributed by atoms with E-state index in [1.165, 1.54) is 0 Å². The second-order valence-corrected chi connectivity index (χ2v) is 2.80. The fraction of sp³-hybridized carbons (Fsp3) is 0.100. The van der Waals surface area contributed by atoms with Crippen molar-refractivity contribution >= 4 is 10.9 Å². The number of benzene rings is 1. The summed E-state index contributed by atoms with van der Waals surface area (Å²) in [5.74, 6) is 0.246. The Balaban J connectivity index is 0.000000845. The molecule has 13 heavy (non-hydrogen) atoms. The molecule has 0 radical (unpaired) electrons. The monoisotopic (exact) mass is 223 g/mol. The van der Waals surface area contributed by atoms with E-state index in [4.69, 9.17) is 0 Å². The summed E-state index contributed by atoms with van der Waals surface area (Å²) in [6, 6.07) is 9.28. The first-order valence-corrected chi connectivity index (χ1v) is 3.83. The van der Waals surface area contributed by atoms with Crippen LogP contribution in [-0.4, -0.2) is 10.1 Å². The quantitative estimate of drug-likeness (QED) is 0.697. The minimum atomic E-state index is 0. The second kappa shape index (κ2) is 3.84. The van der Waals surface area contributed by atoms with Crippen LogP contribution in [0.5, 0.6) is 5.75 Å². The molecule has 1 aromatic heterocycles. The smallest absolute Gasteiger partial charge is 0.506 e. The van der Waals surface area contributed by atoms with E-state index in [0.29, 0.717) is 5.52 Å². The molecule has 2 rings (SSSR count). The molecule has 3 heteroatoms. The number of hydrogen-bond acceptors (Lipinski definition) is 2. The van der Waals surface area contributed by atoms with Crippen molar-refractivity contribution in [2.75, 3.05) is 0 Å². The van der Waals surface area contributed by atoms with Gasteiger partial charge in [0.05, 0.1) is 0 Å². The topological polar surface area (TPSA) is 33.1 Å². The van der Waals surface area contributed by atoms with Gasteiger partial charge in [-0.2, -0.15) is 0 Å². The molecule has 1 heterocycles. The van der Waals surface area contributed by atoms with Gasteiger partial charge < -0.3 is 5.11 Å². The zero-order valence-corrected chi connectivity index (χ0v) is 10.5. The first-order chi connectivity index (χ1) is 5.77. The Morgan fingerprint density at radius 3 is 2.69 bits per heavy atom. The molecule has 0 saturated heterocycles. The van der Waals surface area contributed by atoms with Crippen molar-refractivity contribution in [3.63, 3.8) is 0 Å². The van der Waals surface area contributed by atoms with Crippen molar-refractivity contribution in [2.45, 2.75) is 6.92 Å². The van der Waals surface area contributed by atoms with E-state index in [1.807, 2.05) is 31.2 Å². The molecule has 0 spiro atoms. The van der Waals surface area contributed by atoms with Gasteiger partial charge in [-0.25, -0.2) is 4.98 Å². The molecule has 2 aromatic rings. The van der Waals surface area contributed by atoms with Gasteiger partial charge in [0.15, 0.2) is 0 Å². The molecular weight excluding hydrogens is 216 g/mol. The number of phenols is 1. The summed E-state index contributed by atoms with van der Waals surface area (Å²) in [5.41, 5.74) is 1.60. The Labute approximate surface area is 89.4 Å². The molecular formula is C10H9NOZn+2. The summed E-state index contributed by atoms with van der Waals surface area (Å²) < 4.78 is 0. The Kier molecular flexibility index (Phi) is 3.00. The summed E-state index contributed by atoms with van der Waals surface area (Å²) in [4.78, 5) is 4.23. The zero-order chi connectivity index (χ0) is 8.55. The maximum absolute atomic E-state index is 9.43. The molecule has 0 saturated carbocycles. The van der Waals surface area contributed by atoms with Crippen LogP contribution in [0, 0.1) is 6.92 Å². The third kappa shape index (κ3) is 1.86. The van der Waals surface area contributed by atoms with Gasteiger partial charge in [0.1, 0.15) is 11.3 Å². The zero-order valence-electron chi connectivity index (χ0n) is 7.49. The maximum atomic E-state index is 9.43. The molecule has 0 aliphatic heterocycles. The van der Waals surface area contributed by atoms with E-state index in [-0.39, 0.29) is 25.2 Å². The van der Waals surface area contributed by atoms with E-state index in [2.05, 4.69) is 4.98 Å². The van der Waals surface area contributed by atoms with Crippen molar-refractivity contribution in [3.8, 4) is 5.75 Å². The van der Waals surface area contributed by atoms with Gasteiger partial charge in [-0.05, 0) is 19.1 Å². The van der Waals surface area contributed by atoms with Gasteiger partial charge in [0, 0.05) is 11.1 Å². The number of aromatic hydroxyl groups is 1. The second-order valence-electron chi connectivity index (χ2n) is 2.80. The van der Waals surface area contributed by atoms with E-state index in [1.54, 1.807) is 6.07 Å². The summed E-state index contributed by atoms with van der Waals surface area (Å²) in [5, 5.41) is 10.4. The van der Waals surface area contributed by atoms with Crippen molar-refractivity contribution in [2.24, 2.45) is 0 Å². The van der Waals surface area contributed by atoms with Gasteiger partial charge >= 0.3 is 19.5 Å². The van der Waals surface area contributed by atoms with Crippen LogP contribution in [0.2, 0.25) is 0 Å². The Bertz CT molecular complexity index is 428. The van der Waals surface area contributed by atoms with Gasteiger partial charge in [-0.1, -0.05) is 18.2 Å². The van der Waals surface area contributed by atoms with Crippen LogP contribution < -0.4 is 0 Å². The average molecular weight is 225 g/mol. The van der Waals surface area contributed by atoms with Crippen molar-refractivity contribution < 1.29 is 24.6 Å². The number of phenolic OH excluding ortho intramolecular Hbond substituents is 1. The number of nitrogens with zero attached hydrogens (tertiary/aromatic N) is 1. The maximum Gasteiger partial charge on any atom is 2.00 e. The summed E-state index contributed by atoms with van der Waals surface area (Å²) in [6.45, 7) is 1.91. The van der Waals surface area contributed by atoms with Gasteiger partial charge in [0.2, 0.25) is 0 Å². The molecule has 0 fully saturated rings. The van der Waals surface area contributed by atoms with Crippen LogP contribution in [0.3, 0.4) is 0 Å². The molecule has 60 valence electrons. The number of para-hydroxylation sites is 1. The van der Waals surface area contributed by atoms with Crippen molar-refractivity contribution in [1.29, 1.82) is 0 Å². The predicted molar refractivity (Wildman–Crippen MR) is 48.1 cm³/mol. The summed E-state index contributed by atoms with van der Waals surface area (Å²) in [7, 11) is 0. The number of fused-ring (bicyclic) bond motifs is 1. The molecule has 1 aromatic carbocycles. The average Bonchev–Trinajstić information content (AvgIpc) is 2.07. The van der Waals surface area contributed by atoms with Crippen LogP contribution in [0.25, 0.3) is 10.9 Å². The largest absolute Gasteiger partial charge is 2.00 e. The fourth-order valence-corrected chi connectivity index (χ4v) is 1.23. The molecule has 2 nitrogen and oxygen atoms in total. The first kappa shape index (κ1) is 10.1. The molecule has 0 unspecified atom stereocenters. The van der Waals surface area contributed by atoms with Crippen LogP contribution >= 0.6 is 0 Å². The van der Waals surface area contributed by atoms with Gasteiger partial charge in [-0.3, -0.25) is 0 Å². The predicted octanol–water partition coefficient (Wildman–Crippen LogP) is 2.25. The third-order valence-corrected chi connectivity index (χ3v) is 1.84. The molecule has 1 N–H and O–H groups in total. The molecule has 0 aliphatic carbocycles. The van der Waals surface area contributed by atoms with Gasteiger partial charge in [0.25, 0.3) is 0 Å². The Hall–Kier alpha value is -0.947. The van der Waals surface area contributed by atoms with E-state index >= 15 is 0 Å². The fourth-order valence-electron chi connectivity index (χ4n) is 1.23. The number of hydrogen-bond donors (Lipinski definition) is 1. The molecule has 0 aliphatic rings. The summed E-state index contributed by atoms with van der Waals surface area (Å²) >= 11 is 0. The van der Waals surface area contributed by atoms with Crippen molar-refractivity contribution in [3.05, 3.63) is 36.0 Å². The normalized spacial score (nSPS) is 9.62. The third-order valence-electron chi connectivity index (χ3n) is 1.84. The molecule has 0 bridgehead atoms. The van der Waals surface area contributed by atoms with Crippen LogP contribution in [-0.2, 0) is 19.5 Å². The minimum absolute atomic E-state index is 0.